The third kappa shape index (κ3) is 4.15. The van der Waals surface area contributed by atoms with Crippen molar-refractivity contribution in [3.8, 4) is 16.9 Å². The number of para-hydroxylation sites is 1. The molecule has 0 spiro atoms. The maximum Gasteiger partial charge on any atom is 0.422 e. The van der Waals surface area contributed by atoms with Gasteiger partial charge in [0.15, 0.2) is 6.61 Å². The molecule has 152 valence electrons. The zero-order chi connectivity index (χ0) is 20.6. The van der Waals surface area contributed by atoms with Crippen molar-refractivity contribution in [1.82, 2.24) is 9.38 Å². The van der Waals surface area contributed by atoms with Gasteiger partial charge in [-0.25, -0.2) is 9.98 Å². The molecule has 0 fully saturated rings. The van der Waals surface area contributed by atoms with Crippen molar-refractivity contribution in [3.05, 3.63) is 53.4 Å². The Labute approximate surface area is 168 Å². The molecule has 4 rings (SSSR count). The number of rotatable bonds is 5. The molecule has 0 bridgehead atoms. The topological polar surface area (TPSA) is 74.1 Å². The minimum absolute atomic E-state index is 0.0798. The Balaban J connectivity index is 1.77. The highest BCUT2D eigenvalue weighted by Gasteiger charge is 2.29. The monoisotopic (exact) mass is 424 g/mol. The fourth-order valence-electron chi connectivity index (χ4n) is 3.02. The van der Waals surface area contributed by atoms with Crippen LogP contribution in [0.3, 0.4) is 0 Å². The average Bonchev–Trinajstić information content (AvgIpc) is 3.32. The summed E-state index contributed by atoms with van der Waals surface area (Å²) in [5.41, 5.74) is 7.54. The molecule has 3 heterocycles. The van der Waals surface area contributed by atoms with Gasteiger partial charge in [0.2, 0.25) is 5.90 Å². The van der Waals surface area contributed by atoms with E-state index in [1.54, 1.807) is 41.1 Å². The lowest BCUT2D eigenvalue weighted by molar-refractivity contribution is -0.153. The lowest BCUT2D eigenvalue weighted by Gasteiger charge is -2.14. The lowest BCUT2D eigenvalue weighted by atomic mass is 10.1. The van der Waals surface area contributed by atoms with Crippen LogP contribution in [0.15, 0.2) is 47.7 Å². The van der Waals surface area contributed by atoms with E-state index in [0.717, 1.165) is 0 Å². The maximum absolute atomic E-state index is 12.6. The Morgan fingerprint density at radius 2 is 2.03 bits per heavy atom. The molecule has 2 aromatic heterocycles. The van der Waals surface area contributed by atoms with E-state index in [4.69, 9.17) is 26.8 Å². The van der Waals surface area contributed by atoms with Crippen LogP contribution in [0.25, 0.3) is 16.8 Å². The number of benzene rings is 1. The number of alkyl halides is 3. The van der Waals surface area contributed by atoms with E-state index in [9.17, 15) is 13.2 Å². The number of imidazole rings is 1. The second-order valence-corrected chi connectivity index (χ2v) is 6.89. The van der Waals surface area contributed by atoms with Gasteiger partial charge in [0, 0.05) is 30.1 Å². The summed E-state index contributed by atoms with van der Waals surface area (Å²) in [7, 11) is 0. The molecule has 29 heavy (non-hydrogen) atoms. The summed E-state index contributed by atoms with van der Waals surface area (Å²) in [6.07, 6.45) is -1.31. The van der Waals surface area contributed by atoms with Gasteiger partial charge >= 0.3 is 6.18 Å². The van der Waals surface area contributed by atoms with Crippen LogP contribution < -0.4 is 10.5 Å². The first kappa shape index (κ1) is 19.5. The van der Waals surface area contributed by atoms with E-state index in [-0.39, 0.29) is 11.9 Å². The van der Waals surface area contributed by atoms with Crippen molar-refractivity contribution in [2.24, 2.45) is 10.7 Å². The summed E-state index contributed by atoms with van der Waals surface area (Å²) in [4.78, 5) is 8.87. The van der Waals surface area contributed by atoms with E-state index in [1.807, 2.05) is 0 Å². The van der Waals surface area contributed by atoms with Crippen LogP contribution in [0, 0.1) is 0 Å². The number of nitrogens with two attached hydrogens (primary N) is 1. The number of hydrogen-bond acceptors (Lipinski definition) is 5. The molecule has 0 saturated heterocycles. The molecule has 0 amide bonds. The van der Waals surface area contributed by atoms with Crippen molar-refractivity contribution >= 4 is 23.1 Å². The molecule has 1 aromatic carbocycles. The summed E-state index contributed by atoms with van der Waals surface area (Å²) in [6, 6.07) is 8.05. The van der Waals surface area contributed by atoms with Crippen LogP contribution in [0.4, 0.5) is 13.2 Å². The van der Waals surface area contributed by atoms with Gasteiger partial charge in [0.05, 0.1) is 11.6 Å². The van der Waals surface area contributed by atoms with Crippen molar-refractivity contribution < 1.29 is 22.6 Å². The number of nitrogens with zero attached hydrogens (tertiary/aromatic N) is 3. The number of ether oxygens (including phenoxy) is 2. The van der Waals surface area contributed by atoms with Gasteiger partial charge in [-0.15, -0.1) is 0 Å². The van der Waals surface area contributed by atoms with E-state index in [0.29, 0.717) is 46.5 Å². The van der Waals surface area contributed by atoms with Crippen LogP contribution in [-0.2, 0) is 4.74 Å². The molecular formula is C19H16ClF3N4O2. The first-order chi connectivity index (χ1) is 13.8. The standard InChI is InChI=1S/C19H16ClF3N4O2/c20-11-5-14(13-3-1-2-4-16(13)28-10-19(21,22)23)17-26-15(9-27(17)8-11)18-25-7-12(6-24)29-18/h1-5,8-9,12H,6-7,10,24H2. The first-order valence-electron chi connectivity index (χ1n) is 8.73. The van der Waals surface area contributed by atoms with Crippen molar-refractivity contribution in [2.45, 2.75) is 12.3 Å². The Morgan fingerprint density at radius 1 is 1.24 bits per heavy atom. The van der Waals surface area contributed by atoms with E-state index >= 15 is 0 Å². The molecule has 2 N–H and O–H groups in total. The van der Waals surface area contributed by atoms with Gasteiger partial charge in [-0.3, -0.25) is 0 Å². The molecule has 0 aliphatic carbocycles. The highest BCUT2D eigenvalue weighted by atomic mass is 35.5. The van der Waals surface area contributed by atoms with Crippen LogP contribution in [-0.4, -0.2) is 47.3 Å². The third-order valence-electron chi connectivity index (χ3n) is 4.29. The van der Waals surface area contributed by atoms with E-state index in [2.05, 4.69) is 9.98 Å². The molecule has 6 nitrogen and oxygen atoms in total. The molecule has 1 aliphatic heterocycles. The van der Waals surface area contributed by atoms with Crippen LogP contribution >= 0.6 is 11.6 Å². The van der Waals surface area contributed by atoms with Crippen molar-refractivity contribution in [3.63, 3.8) is 0 Å². The predicted octanol–water partition coefficient (Wildman–Crippen LogP) is 3.70. The van der Waals surface area contributed by atoms with Gasteiger partial charge in [0.25, 0.3) is 0 Å². The normalized spacial score (nSPS) is 16.7. The second-order valence-electron chi connectivity index (χ2n) is 6.45. The van der Waals surface area contributed by atoms with Gasteiger partial charge < -0.3 is 19.6 Å². The number of aliphatic imine (C=N–C) groups is 1. The second kappa shape index (κ2) is 7.57. The largest absolute Gasteiger partial charge is 0.483 e. The minimum Gasteiger partial charge on any atom is -0.483 e. The SMILES string of the molecule is NCC1CN=C(c2cn3cc(Cl)cc(-c4ccccc4OCC(F)(F)F)c3n2)O1. The van der Waals surface area contributed by atoms with Gasteiger partial charge in [0.1, 0.15) is 23.2 Å². The Morgan fingerprint density at radius 3 is 2.76 bits per heavy atom. The highest BCUT2D eigenvalue weighted by molar-refractivity contribution is 6.31. The number of fused-ring (bicyclic) bond motifs is 1. The fraction of sp³-hybridized carbons (Fsp3) is 0.263. The first-order valence-corrected chi connectivity index (χ1v) is 9.10. The smallest absolute Gasteiger partial charge is 0.422 e. The molecule has 3 aromatic rings. The van der Waals surface area contributed by atoms with Gasteiger partial charge in [-0.2, -0.15) is 13.2 Å². The minimum atomic E-state index is -4.45. The highest BCUT2D eigenvalue weighted by Crippen LogP contribution is 2.35. The molecule has 10 heteroatoms. The average molecular weight is 425 g/mol. The van der Waals surface area contributed by atoms with Crippen LogP contribution in [0.5, 0.6) is 5.75 Å². The van der Waals surface area contributed by atoms with E-state index in [1.165, 1.54) is 6.07 Å². The predicted molar refractivity (Wildman–Crippen MR) is 103 cm³/mol. The summed E-state index contributed by atoms with van der Waals surface area (Å²) in [5, 5.41) is 0.385. The summed E-state index contributed by atoms with van der Waals surface area (Å²) < 4.78 is 50.2. The molecule has 1 aliphatic rings. The number of aromatic nitrogens is 2. The number of halogens is 4. The lowest BCUT2D eigenvalue weighted by Crippen LogP contribution is -2.23. The zero-order valence-corrected chi connectivity index (χ0v) is 15.7. The zero-order valence-electron chi connectivity index (χ0n) is 15.0. The van der Waals surface area contributed by atoms with Gasteiger partial charge in [-0.1, -0.05) is 29.8 Å². The quantitative estimate of drug-likeness (QED) is 0.677. The number of hydrogen-bond donors (Lipinski definition) is 1. The molecular weight excluding hydrogens is 409 g/mol. The maximum atomic E-state index is 12.6. The summed E-state index contributed by atoms with van der Waals surface area (Å²) in [5.74, 6) is 0.448. The van der Waals surface area contributed by atoms with Crippen LogP contribution in [0.2, 0.25) is 5.02 Å². The van der Waals surface area contributed by atoms with Crippen molar-refractivity contribution in [1.29, 1.82) is 0 Å². The van der Waals surface area contributed by atoms with E-state index < -0.39 is 12.8 Å². The molecule has 1 atom stereocenters. The molecule has 0 radical (unpaired) electrons. The Bertz CT molecular complexity index is 1080. The fourth-order valence-corrected chi connectivity index (χ4v) is 3.24. The molecule has 0 saturated carbocycles. The number of pyridine rings is 1. The van der Waals surface area contributed by atoms with Gasteiger partial charge in [-0.05, 0) is 12.1 Å². The van der Waals surface area contributed by atoms with Crippen molar-refractivity contribution in [2.75, 3.05) is 19.7 Å². The summed E-state index contributed by atoms with van der Waals surface area (Å²) >= 11 is 6.24. The Kier molecular flexibility index (Phi) is 5.10. The summed E-state index contributed by atoms with van der Waals surface area (Å²) in [6.45, 7) is -0.617. The Hall–Kier alpha value is -2.78. The van der Waals surface area contributed by atoms with Crippen LogP contribution in [0.1, 0.15) is 5.69 Å². The third-order valence-corrected chi connectivity index (χ3v) is 4.49. The molecule has 1 unspecified atom stereocenters.